The number of carbonyl (C=O) groups is 1. The van der Waals surface area contributed by atoms with Crippen LogP contribution in [0, 0.1) is 0 Å². The molecule has 0 spiro atoms. The Morgan fingerprint density at radius 3 is 2.15 bits per heavy atom. The van der Waals surface area contributed by atoms with E-state index in [9.17, 15) is 13.2 Å². The van der Waals surface area contributed by atoms with Gasteiger partial charge in [-0.2, -0.15) is 0 Å². The first-order valence-corrected chi connectivity index (χ1v) is 10.8. The van der Waals surface area contributed by atoms with Gasteiger partial charge >= 0.3 is 0 Å². The highest BCUT2D eigenvalue weighted by Gasteiger charge is 2.24. The molecule has 1 fully saturated rings. The van der Waals surface area contributed by atoms with Gasteiger partial charge in [0.1, 0.15) is 12.3 Å². The molecule has 0 aromatic heterocycles. The molecule has 0 atom stereocenters. The number of sulfone groups is 1. The minimum absolute atomic E-state index is 0.0430. The van der Waals surface area contributed by atoms with Gasteiger partial charge in [-0.1, -0.05) is 0 Å². The summed E-state index contributed by atoms with van der Waals surface area (Å²) in [7, 11) is -1.59. The number of rotatable bonds is 5. The molecule has 144 valence electrons. The van der Waals surface area contributed by atoms with Crippen LogP contribution in [0.15, 0.2) is 53.4 Å². The molecule has 0 unspecified atom stereocenters. The Hall–Kier alpha value is -2.38. The molecule has 1 heterocycles. The Morgan fingerprint density at radius 1 is 1.04 bits per heavy atom. The van der Waals surface area contributed by atoms with Crippen LogP contribution in [-0.2, 0) is 16.4 Å². The van der Waals surface area contributed by atoms with E-state index in [0.29, 0.717) is 18.7 Å². The number of amides is 1. The van der Waals surface area contributed by atoms with Gasteiger partial charge in [-0.25, -0.2) is 8.42 Å². The molecular weight excluding hydrogens is 364 g/mol. The van der Waals surface area contributed by atoms with Crippen LogP contribution in [0.1, 0.15) is 15.9 Å². The van der Waals surface area contributed by atoms with Crippen molar-refractivity contribution in [3.05, 3.63) is 59.7 Å². The van der Waals surface area contributed by atoms with Crippen molar-refractivity contribution >= 4 is 15.7 Å². The van der Waals surface area contributed by atoms with Gasteiger partial charge in [0.15, 0.2) is 9.84 Å². The number of methoxy groups -OCH3 is 1. The van der Waals surface area contributed by atoms with E-state index in [1.807, 2.05) is 17.0 Å². The molecule has 0 aliphatic carbocycles. The van der Waals surface area contributed by atoms with Gasteiger partial charge in [0, 0.05) is 17.4 Å². The normalized spacial score (nSPS) is 15.6. The summed E-state index contributed by atoms with van der Waals surface area (Å²) in [6, 6.07) is 14.3. The van der Waals surface area contributed by atoms with Crippen LogP contribution in [-0.4, -0.2) is 58.8 Å². The molecule has 0 radical (unpaired) electrons. The Kier molecular flexibility index (Phi) is 5.82. The predicted octanol–water partition coefficient (Wildman–Crippen LogP) is 0.640. The second-order valence-corrected chi connectivity index (χ2v) is 8.88. The Morgan fingerprint density at radius 2 is 1.63 bits per heavy atom. The number of carbonyl (C=O) groups excluding carboxylic acids is 1. The standard InChI is InChI=1S/C20H24N2O4S/c1-26-18-7-3-16(4-8-18)15-21-11-13-22(14-12-21)20(23)17-5-9-19(10-6-17)27(2,24)25/h3-10H,11-15H2,1-2H3/p+1. The van der Waals surface area contributed by atoms with Crippen LogP contribution in [0.25, 0.3) is 0 Å². The third kappa shape index (κ3) is 4.87. The van der Waals surface area contributed by atoms with Crippen molar-refractivity contribution in [2.45, 2.75) is 11.4 Å². The molecule has 7 heteroatoms. The monoisotopic (exact) mass is 389 g/mol. The van der Waals surface area contributed by atoms with Crippen LogP contribution in [0.3, 0.4) is 0 Å². The highest BCUT2D eigenvalue weighted by Crippen LogP contribution is 2.13. The molecule has 2 aromatic carbocycles. The van der Waals surface area contributed by atoms with Gasteiger partial charge in [-0.15, -0.1) is 0 Å². The van der Waals surface area contributed by atoms with Crippen LogP contribution in [0.4, 0.5) is 0 Å². The zero-order valence-corrected chi connectivity index (χ0v) is 16.5. The average molecular weight is 389 g/mol. The van der Waals surface area contributed by atoms with Crippen molar-refractivity contribution < 1.29 is 22.8 Å². The SMILES string of the molecule is COc1ccc(C[NH+]2CCN(C(=O)c3ccc(S(C)(=O)=O)cc3)CC2)cc1. The molecular formula is C20H25N2O4S+. The summed E-state index contributed by atoms with van der Waals surface area (Å²) < 4.78 is 28.2. The lowest BCUT2D eigenvalue weighted by Crippen LogP contribution is -3.13. The van der Waals surface area contributed by atoms with Gasteiger partial charge in [0.2, 0.25) is 0 Å². The average Bonchev–Trinajstić information content (AvgIpc) is 2.68. The summed E-state index contributed by atoms with van der Waals surface area (Å²) in [5.41, 5.74) is 1.78. The number of hydrogen-bond acceptors (Lipinski definition) is 4. The van der Waals surface area contributed by atoms with E-state index in [2.05, 4.69) is 12.1 Å². The largest absolute Gasteiger partial charge is 0.497 e. The summed E-state index contributed by atoms with van der Waals surface area (Å²) in [5.74, 6) is 0.810. The molecule has 2 aromatic rings. The number of benzene rings is 2. The lowest BCUT2D eigenvalue weighted by Gasteiger charge is -2.32. The highest BCUT2D eigenvalue weighted by atomic mass is 32.2. The smallest absolute Gasteiger partial charge is 0.254 e. The molecule has 27 heavy (non-hydrogen) atoms. The highest BCUT2D eigenvalue weighted by molar-refractivity contribution is 7.90. The number of nitrogens with zero attached hydrogens (tertiary/aromatic N) is 1. The fourth-order valence-electron chi connectivity index (χ4n) is 3.26. The van der Waals surface area contributed by atoms with Gasteiger partial charge in [0.05, 0.1) is 38.2 Å². The maximum Gasteiger partial charge on any atom is 0.254 e. The van der Waals surface area contributed by atoms with E-state index in [-0.39, 0.29) is 10.8 Å². The van der Waals surface area contributed by atoms with Gasteiger partial charge in [-0.3, -0.25) is 4.79 Å². The third-order valence-corrected chi connectivity index (χ3v) is 6.03. The van der Waals surface area contributed by atoms with Gasteiger partial charge < -0.3 is 14.5 Å². The quantitative estimate of drug-likeness (QED) is 0.815. The number of nitrogens with one attached hydrogen (secondary N) is 1. The Labute approximate surface area is 160 Å². The predicted molar refractivity (Wildman–Crippen MR) is 103 cm³/mol. The van der Waals surface area contributed by atoms with Crippen LogP contribution >= 0.6 is 0 Å². The molecule has 1 saturated heterocycles. The lowest BCUT2D eigenvalue weighted by molar-refractivity contribution is -0.917. The minimum atomic E-state index is -3.25. The van der Waals surface area contributed by atoms with Gasteiger partial charge in [0.25, 0.3) is 5.91 Å². The minimum Gasteiger partial charge on any atom is -0.497 e. The van der Waals surface area contributed by atoms with E-state index in [1.54, 1.807) is 19.2 Å². The van der Waals surface area contributed by atoms with E-state index in [1.165, 1.54) is 22.6 Å². The van der Waals surface area contributed by atoms with Crippen molar-refractivity contribution in [3.63, 3.8) is 0 Å². The summed E-state index contributed by atoms with van der Waals surface area (Å²) in [6.07, 6.45) is 1.16. The second kappa shape index (κ2) is 8.10. The summed E-state index contributed by atoms with van der Waals surface area (Å²) in [6.45, 7) is 4.09. The molecule has 1 N–H and O–H groups in total. The lowest BCUT2D eigenvalue weighted by atomic mass is 10.1. The van der Waals surface area contributed by atoms with E-state index in [4.69, 9.17) is 4.74 Å². The molecule has 0 bridgehead atoms. The van der Waals surface area contributed by atoms with Gasteiger partial charge in [-0.05, 0) is 48.5 Å². The molecule has 6 nitrogen and oxygen atoms in total. The summed E-state index contributed by atoms with van der Waals surface area (Å²) >= 11 is 0. The zero-order valence-electron chi connectivity index (χ0n) is 15.6. The number of ether oxygens (including phenoxy) is 1. The number of hydrogen-bond donors (Lipinski definition) is 1. The maximum atomic E-state index is 12.6. The van der Waals surface area contributed by atoms with Crippen molar-refractivity contribution in [1.29, 1.82) is 0 Å². The van der Waals surface area contributed by atoms with E-state index in [0.717, 1.165) is 31.6 Å². The fraction of sp³-hybridized carbons (Fsp3) is 0.350. The first-order chi connectivity index (χ1) is 12.9. The van der Waals surface area contributed by atoms with Crippen LogP contribution < -0.4 is 9.64 Å². The Bertz CT molecular complexity index is 885. The first kappa shape index (κ1) is 19.4. The topological polar surface area (TPSA) is 68.1 Å². The molecule has 1 amide bonds. The summed E-state index contributed by atoms with van der Waals surface area (Å²) in [5, 5.41) is 0. The second-order valence-electron chi connectivity index (χ2n) is 6.86. The third-order valence-electron chi connectivity index (χ3n) is 4.90. The molecule has 1 aliphatic heterocycles. The zero-order chi connectivity index (χ0) is 19.4. The fourth-order valence-corrected chi connectivity index (χ4v) is 3.89. The number of piperazine rings is 1. The summed E-state index contributed by atoms with van der Waals surface area (Å²) in [4.78, 5) is 16.2. The van der Waals surface area contributed by atoms with Crippen molar-refractivity contribution in [2.75, 3.05) is 39.5 Å². The molecule has 0 saturated carbocycles. The van der Waals surface area contributed by atoms with Crippen LogP contribution in [0.2, 0.25) is 0 Å². The number of quaternary nitrogens is 1. The van der Waals surface area contributed by atoms with Crippen molar-refractivity contribution in [3.8, 4) is 5.75 Å². The molecule has 3 rings (SSSR count). The van der Waals surface area contributed by atoms with E-state index < -0.39 is 9.84 Å². The first-order valence-electron chi connectivity index (χ1n) is 8.93. The van der Waals surface area contributed by atoms with Crippen molar-refractivity contribution in [1.82, 2.24) is 4.90 Å². The van der Waals surface area contributed by atoms with E-state index >= 15 is 0 Å². The van der Waals surface area contributed by atoms with Crippen molar-refractivity contribution in [2.24, 2.45) is 0 Å². The Balaban J connectivity index is 1.55. The van der Waals surface area contributed by atoms with Crippen LogP contribution in [0.5, 0.6) is 5.75 Å². The maximum absolute atomic E-state index is 12.6. The molecule has 1 aliphatic rings.